The molecule has 0 aromatic heterocycles. The first-order chi connectivity index (χ1) is 12.5. The highest BCUT2D eigenvalue weighted by atomic mass is 32.2. The summed E-state index contributed by atoms with van der Waals surface area (Å²) in [5.41, 5.74) is 2.45. The Balaban J connectivity index is 1.90. The van der Waals surface area contributed by atoms with Crippen LogP contribution in [0.3, 0.4) is 0 Å². The molecule has 1 atom stereocenters. The van der Waals surface area contributed by atoms with E-state index in [2.05, 4.69) is 5.32 Å². The molecule has 0 aliphatic carbocycles. The van der Waals surface area contributed by atoms with Crippen LogP contribution in [0.4, 0.5) is 11.4 Å². The molecule has 0 saturated carbocycles. The van der Waals surface area contributed by atoms with E-state index in [1.165, 1.54) is 6.92 Å². The summed E-state index contributed by atoms with van der Waals surface area (Å²) in [7, 11) is 3.18. The Kier molecular flexibility index (Phi) is 5.37. The van der Waals surface area contributed by atoms with Crippen LogP contribution in [-0.2, 0) is 9.59 Å². The van der Waals surface area contributed by atoms with Gasteiger partial charge in [-0.25, -0.2) is 0 Å². The molecule has 3 rings (SSSR count). The zero-order valence-corrected chi connectivity index (χ0v) is 15.6. The van der Waals surface area contributed by atoms with Crippen LogP contribution in [0, 0.1) is 0 Å². The average molecular weight is 372 g/mol. The lowest BCUT2D eigenvalue weighted by atomic mass is 10.1. The van der Waals surface area contributed by atoms with E-state index in [9.17, 15) is 9.59 Å². The third-order valence-electron chi connectivity index (χ3n) is 4.03. The van der Waals surface area contributed by atoms with E-state index in [1.54, 1.807) is 43.0 Å². The largest absolute Gasteiger partial charge is 0.493 e. The van der Waals surface area contributed by atoms with Crippen LogP contribution in [0.2, 0.25) is 0 Å². The zero-order valence-electron chi connectivity index (χ0n) is 14.8. The maximum Gasteiger partial charge on any atom is 0.238 e. The molecular weight excluding hydrogens is 352 g/mol. The highest BCUT2D eigenvalue weighted by Gasteiger charge is 2.34. The molecule has 1 aliphatic rings. The van der Waals surface area contributed by atoms with Gasteiger partial charge in [0.2, 0.25) is 11.8 Å². The number of nitrogens with zero attached hydrogens (tertiary/aromatic N) is 1. The molecule has 7 heteroatoms. The molecule has 0 bridgehead atoms. The molecule has 0 spiro atoms. The minimum Gasteiger partial charge on any atom is -0.493 e. The molecule has 1 N–H and O–H groups in total. The number of thioether (sulfide) groups is 1. The van der Waals surface area contributed by atoms with Gasteiger partial charge in [0.15, 0.2) is 11.5 Å². The highest BCUT2D eigenvalue weighted by molar-refractivity contribution is 8.00. The number of carbonyl (C=O) groups excluding carboxylic acids is 2. The predicted molar refractivity (Wildman–Crippen MR) is 103 cm³/mol. The second kappa shape index (κ2) is 7.70. The summed E-state index contributed by atoms with van der Waals surface area (Å²) in [5, 5.41) is 2.58. The third kappa shape index (κ3) is 3.62. The van der Waals surface area contributed by atoms with E-state index in [-0.39, 0.29) is 17.2 Å². The predicted octanol–water partition coefficient (Wildman–Crippen LogP) is 3.44. The van der Waals surface area contributed by atoms with Crippen molar-refractivity contribution in [2.75, 3.05) is 30.2 Å². The number of nitrogens with one attached hydrogen (secondary N) is 1. The van der Waals surface area contributed by atoms with Crippen LogP contribution >= 0.6 is 11.8 Å². The standard InChI is InChI=1S/C19H20N2O4S/c1-12(22)20-14-5-7-15(8-6-14)21-18(23)11-26-19(21)13-4-9-16(24-2)17(10-13)25-3/h4-10,19H,11H2,1-3H3,(H,20,22). The van der Waals surface area contributed by atoms with Gasteiger partial charge in [-0.05, 0) is 42.0 Å². The SMILES string of the molecule is COc1ccc(C2SCC(=O)N2c2ccc(NC(C)=O)cc2)cc1OC. The molecule has 6 nitrogen and oxygen atoms in total. The molecule has 2 aromatic rings. The van der Waals surface area contributed by atoms with Crippen molar-refractivity contribution >= 4 is 35.0 Å². The summed E-state index contributed by atoms with van der Waals surface area (Å²) in [5.74, 6) is 1.60. The Labute approximate surface area is 156 Å². The van der Waals surface area contributed by atoms with Gasteiger partial charge in [-0.2, -0.15) is 0 Å². The van der Waals surface area contributed by atoms with E-state index in [4.69, 9.17) is 9.47 Å². The second-order valence-electron chi connectivity index (χ2n) is 5.77. The topological polar surface area (TPSA) is 67.9 Å². The number of ether oxygens (including phenoxy) is 2. The maximum atomic E-state index is 12.5. The molecule has 1 saturated heterocycles. The van der Waals surface area contributed by atoms with Crippen LogP contribution in [-0.4, -0.2) is 31.8 Å². The Morgan fingerprint density at radius 2 is 1.81 bits per heavy atom. The van der Waals surface area contributed by atoms with Crippen molar-refractivity contribution in [1.82, 2.24) is 0 Å². The normalized spacial score (nSPS) is 16.5. The Morgan fingerprint density at radius 3 is 2.42 bits per heavy atom. The van der Waals surface area contributed by atoms with Gasteiger partial charge < -0.3 is 14.8 Å². The van der Waals surface area contributed by atoms with E-state index in [0.717, 1.165) is 11.3 Å². The molecule has 0 radical (unpaired) electrons. The van der Waals surface area contributed by atoms with Gasteiger partial charge in [-0.1, -0.05) is 6.07 Å². The number of hydrogen-bond donors (Lipinski definition) is 1. The van der Waals surface area contributed by atoms with Gasteiger partial charge in [0, 0.05) is 18.3 Å². The maximum absolute atomic E-state index is 12.5. The summed E-state index contributed by atoms with van der Waals surface area (Å²) in [6.45, 7) is 1.46. The van der Waals surface area contributed by atoms with Crippen molar-refractivity contribution in [3.8, 4) is 11.5 Å². The molecule has 1 heterocycles. The van der Waals surface area contributed by atoms with Crippen molar-refractivity contribution in [3.63, 3.8) is 0 Å². The molecule has 1 aliphatic heterocycles. The first-order valence-corrected chi connectivity index (χ1v) is 9.11. The van der Waals surface area contributed by atoms with Gasteiger partial charge in [0.25, 0.3) is 0 Å². The fourth-order valence-corrected chi connectivity index (χ4v) is 4.03. The zero-order chi connectivity index (χ0) is 18.7. The highest BCUT2D eigenvalue weighted by Crippen LogP contribution is 2.44. The molecule has 1 unspecified atom stereocenters. The molecule has 1 fully saturated rings. The van der Waals surface area contributed by atoms with Gasteiger partial charge >= 0.3 is 0 Å². The number of hydrogen-bond acceptors (Lipinski definition) is 5. The number of carbonyl (C=O) groups is 2. The minimum atomic E-state index is -0.145. The molecule has 2 amide bonds. The number of amides is 2. The van der Waals surface area contributed by atoms with Crippen molar-refractivity contribution in [2.24, 2.45) is 0 Å². The third-order valence-corrected chi connectivity index (χ3v) is 5.24. The lowest BCUT2D eigenvalue weighted by Crippen LogP contribution is -2.27. The summed E-state index contributed by atoms with van der Waals surface area (Å²) < 4.78 is 10.7. The van der Waals surface area contributed by atoms with Crippen LogP contribution in [0.15, 0.2) is 42.5 Å². The molecular formula is C19H20N2O4S. The number of benzene rings is 2. The summed E-state index contributed by atoms with van der Waals surface area (Å²) in [6, 6.07) is 12.9. The van der Waals surface area contributed by atoms with Crippen molar-refractivity contribution < 1.29 is 19.1 Å². The lowest BCUT2D eigenvalue weighted by Gasteiger charge is -2.25. The van der Waals surface area contributed by atoms with Crippen LogP contribution < -0.4 is 19.7 Å². The Hall–Kier alpha value is -2.67. The molecule has 26 heavy (non-hydrogen) atoms. The summed E-state index contributed by atoms with van der Waals surface area (Å²) in [6.07, 6.45) is 0. The fraction of sp³-hybridized carbons (Fsp3) is 0.263. The van der Waals surface area contributed by atoms with Crippen LogP contribution in [0.25, 0.3) is 0 Å². The van der Waals surface area contributed by atoms with E-state index in [0.29, 0.717) is 22.9 Å². The van der Waals surface area contributed by atoms with Crippen molar-refractivity contribution in [2.45, 2.75) is 12.3 Å². The van der Waals surface area contributed by atoms with Gasteiger partial charge in [0.05, 0.1) is 20.0 Å². The summed E-state index contributed by atoms with van der Waals surface area (Å²) in [4.78, 5) is 25.4. The first kappa shape index (κ1) is 18.1. The minimum absolute atomic E-state index is 0.0436. The quantitative estimate of drug-likeness (QED) is 0.871. The van der Waals surface area contributed by atoms with Gasteiger partial charge in [0.1, 0.15) is 5.37 Å². The van der Waals surface area contributed by atoms with Crippen molar-refractivity contribution in [3.05, 3.63) is 48.0 Å². The average Bonchev–Trinajstić information content (AvgIpc) is 3.03. The van der Waals surface area contributed by atoms with Gasteiger partial charge in [-0.3, -0.25) is 14.5 Å². The number of methoxy groups -OCH3 is 2. The lowest BCUT2D eigenvalue weighted by molar-refractivity contribution is -0.116. The number of anilines is 2. The Bertz CT molecular complexity index is 823. The van der Waals surface area contributed by atoms with Crippen LogP contribution in [0.5, 0.6) is 11.5 Å². The van der Waals surface area contributed by atoms with Crippen LogP contribution in [0.1, 0.15) is 17.9 Å². The first-order valence-electron chi connectivity index (χ1n) is 8.06. The van der Waals surface area contributed by atoms with E-state index >= 15 is 0 Å². The Morgan fingerprint density at radius 1 is 1.12 bits per heavy atom. The van der Waals surface area contributed by atoms with E-state index < -0.39 is 0 Å². The number of rotatable bonds is 5. The fourth-order valence-electron chi connectivity index (χ4n) is 2.86. The second-order valence-corrected chi connectivity index (χ2v) is 6.84. The van der Waals surface area contributed by atoms with Gasteiger partial charge in [-0.15, -0.1) is 11.8 Å². The molecule has 136 valence electrons. The van der Waals surface area contributed by atoms with E-state index in [1.807, 2.05) is 30.3 Å². The smallest absolute Gasteiger partial charge is 0.238 e. The molecule has 2 aromatic carbocycles. The van der Waals surface area contributed by atoms with Crippen molar-refractivity contribution in [1.29, 1.82) is 0 Å². The monoisotopic (exact) mass is 372 g/mol. The summed E-state index contributed by atoms with van der Waals surface area (Å²) >= 11 is 1.56.